The van der Waals surface area contributed by atoms with Crippen LogP contribution in [-0.4, -0.2) is 68.7 Å². The van der Waals surface area contributed by atoms with Crippen molar-refractivity contribution in [3.8, 4) is 0 Å². The van der Waals surface area contributed by atoms with Crippen molar-refractivity contribution in [2.24, 2.45) is 5.41 Å². The standard InChI is InChI=1S/C26H48N2O6SSi/c1-19(34-36(9,10)24(2,3)4)12-11-13-21(30)35-17-16-27-20(29)14-15-28-23(31)22-25(5,6)18-32-26(7,8)33-22/h11,13,19,22H,12,14-18H2,1-10H3,(H,27,29)(H,28,31)/b13-11+/t19-,22-/m0/s1. The zero-order valence-corrected chi connectivity index (χ0v) is 25.7. The SMILES string of the molecule is C[C@@H](C/C=C/C(=O)SCCNC(=O)CCNC(=O)[C@@H]1OC(C)(C)OCC1(C)C)O[Si](C)(C)C(C)(C)C. The summed E-state index contributed by atoms with van der Waals surface area (Å²) in [5.41, 5.74) is -0.462. The molecule has 0 radical (unpaired) electrons. The highest BCUT2D eigenvalue weighted by molar-refractivity contribution is 8.14. The number of nitrogens with one attached hydrogen (secondary N) is 2. The highest BCUT2D eigenvalue weighted by Crippen LogP contribution is 2.37. The molecule has 0 bridgehead atoms. The summed E-state index contributed by atoms with van der Waals surface area (Å²) >= 11 is 1.16. The maximum Gasteiger partial charge on any atom is 0.249 e. The van der Waals surface area contributed by atoms with Gasteiger partial charge in [-0.25, -0.2) is 0 Å². The predicted octanol–water partition coefficient (Wildman–Crippen LogP) is 4.40. The van der Waals surface area contributed by atoms with Crippen LogP contribution in [0.4, 0.5) is 0 Å². The summed E-state index contributed by atoms with van der Waals surface area (Å²) in [6.45, 7) is 21.5. The first-order valence-electron chi connectivity index (χ1n) is 12.7. The van der Waals surface area contributed by atoms with Gasteiger partial charge in [0, 0.05) is 36.8 Å². The third-order valence-electron chi connectivity index (χ3n) is 6.49. The number of rotatable bonds is 12. The second kappa shape index (κ2) is 13.5. The molecule has 1 rings (SSSR count). The molecule has 0 aromatic carbocycles. The van der Waals surface area contributed by atoms with E-state index >= 15 is 0 Å². The normalized spacial score (nSPS) is 20.7. The summed E-state index contributed by atoms with van der Waals surface area (Å²) in [6.07, 6.45) is 3.70. The van der Waals surface area contributed by atoms with Gasteiger partial charge < -0.3 is 24.5 Å². The lowest BCUT2D eigenvalue weighted by atomic mass is 9.85. The quantitative estimate of drug-likeness (QED) is 0.213. The van der Waals surface area contributed by atoms with Gasteiger partial charge in [-0.2, -0.15) is 0 Å². The van der Waals surface area contributed by atoms with Crippen molar-refractivity contribution in [3.05, 3.63) is 12.2 Å². The Morgan fingerprint density at radius 2 is 1.78 bits per heavy atom. The highest BCUT2D eigenvalue weighted by Gasteiger charge is 2.45. The van der Waals surface area contributed by atoms with Gasteiger partial charge in [0.1, 0.15) is 6.10 Å². The molecule has 1 heterocycles. The number of amides is 2. The molecular formula is C26H48N2O6SSi. The van der Waals surface area contributed by atoms with Crippen LogP contribution in [0, 0.1) is 5.41 Å². The minimum Gasteiger partial charge on any atom is -0.414 e. The van der Waals surface area contributed by atoms with E-state index in [-0.39, 0.29) is 41.0 Å². The molecule has 1 aliphatic heterocycles. The Hall–Kier alpha value is -1.20. The van der Waals surface area contributed by atoms with Crippen molar-refractivity contribution in [1.29, 1.82) is 0 Å². The van der Waals surface area contributed by atoms with Gasteiger partial charge in [0.15, 0.2) is 14.1 Å². The van der Waals surface area contributed by atoms with Gasteiger partial charge in [-0.05, 0) is 51.4 Å². The summed E-state index contributed by atoms with van der Waals surface area (Å²) in [5.74, 6) is -0.768. The first-order valence-corrected chi connectivity index (χ1v) is 16.6. The molecule has 208 valence electrons. The van der Waals surface area contributed by atoms with Gasteiger partial charge in [0.2, 0.25) is 16.9 Å². The van der Waals surface area contributed by atoms with Crippen LogP contribution in [0.5, 0.6) is 0 Å². The van der Waals surface area contributed by atoms with Crippen molar-refractivity contribution in [1.82, 2.24) is 10.6 Å². The fourth-order valence-electron chi connectivity index (χ4n) is 3.28. The average molecular weight is 545 g/mol. The molecule has 10 heteroatoms. The Morgan fingerprint density at radius 3 is 2.39 bits per heavy atom. The van der Waals surface area contributed by atoms with E-state index in [1.54, 1.807) is 19.9 Å². The lowest BCUT2D eigenvalue weighted by Gasteiger charge is -2.44. The number of hydrogen-bond donors (Lipinski definition) is 2. The van der Waals surface area contributed by atoms with Crippen molar-refractivity contribution in [2.45, 2.75) is 104 Å². The van der Waals surface area contributed by atoms with Crippen LogP contribution in [-0.2, 0) is 28.3 Å². The molecule has 8 nitrogen and oxygen atoms in total. The van der Waals surface area contributed by atoms with E-state index in [1.165, 1.54) is 0 Å². The Bertz CT molecular complexity index is 792. The van der Waals surface area contributed by atoms with E-state index in [0.29, 0.717) is 25.3 Å². The van der Waals surface area contributed by atoms with Crippen LogP contribution in [0.2, 0.25) is 18.1 Å². The number of ether oxygens (including phenoxy) is 2. The van der Waals surface area contributed by atoms with E-state index < -0.39 is 25.6 Å². The Morgan fingerprint density at radius 1 is 1.14 bits per heavy atom. The fraction of sp³-hybridized carbons (Fsp3) is 0.808. The minimum absolute atomic E-state index is 0.0435. The van der Waals surface area contributed by atoms with E-state index in [4.69, 9.17) is 13.9 Å². The molecule has 0 aliphatic carbocycles. The zero-order chi connectivity index (χ0) is 27.8. The van der Waals surface area contributed by atoms with Crippen molar-refractivity contribution in [2.75, 3.05) is 25.4 Å². The topological polar surface area (TPSA) is 103 Å². The Labute approximate surface area is 223 Å². The summed E-state index contributed by atoms with van der Waals surface area (Å²) in [6, 6.07) is 0. The third kappa shape index (κ3) is 11.5. The number of carbonyl (C=O) groups is 3. The molecule has 0 spiro atoms. The number of thioether (sulfide) groups is 1. The van der Waals surface area contributed by atoms with Crippen LogP contribution in [0.15, 0.2) is 12.2 Å². The van der Waals surface area contributed by atoms with Crippen LogP contribution in [0.3, 0.4) is 0 Å². The first kappa shape index (κ1) is 32.8. The largest absolute Gasteiger partial charge is 0.414 e. The minimum atomic E-state index is -1.82. The second-order valence-electron chi connectivity index (χ2n) is 12.1. The lowest BCUT2D eigenvalue weighted by molar-refractivity contribution is -0.304. The lowest BCUT2D eigenvalue weighted by Crippen LogP contribution is -2.56. The number of carbonyl (C=O) groups excluding carboxylic acids is 3. The summed E-state index contributed by atoms with van der Waals surface area (Å²) in [7, 11) is -1.82. The van der Waals surface area contributed by atoms with E-state index in [1.807, 2.05) is 26.8 Å². The summed E-state index contributed by atoms with van der Waals surface area (Å²) in [4.78, 5) is 36.7. The van der Waals surface area contributed by atoms with Gasteiger partial charge in [-0.15, -0.1) is 0 Å². The molecule has 1 fully saturated rings. The molecular weight excluding hydrogens is 496 g/mol. The number of hydrogen-bond acceptors (Lipinski definition) is 7. The molecule has 2 N–H and O–H groups in total. The van der Waals surface area contributed by atoms with Gasteiger partial charge in [0.25, 0.3) is 0 Å². The van der Waals surface area contributed by atoms with Gasteiger partial charge in [0.05, 0.1) is 6.61 Å². The van der Waals surface area contributed by atoms with Crippen molar-refractivity contribution < 1.29 is 28.3 Å². The molecule has 2 atom stereocenters. The molecule has 0 saturated carbocycles. The highest BCUT2D eigenvalue weighted by atomic mass is 32.2. The maximum atomic E-state index is 12.6. The molecule has 1 saturated heterocycles. The first-order chi connectivity index (χ1) is 16.4. The molecule has 0 unspecified atom stereocenters. The van der Waals surface area contributed by atoms with E-state index in [2.05, 4.69) is 44.5 Å². The molecule has 36 heavy (non-hydrogen) atoms. The zero-order valence-electron chi connectivity index (χ0n) is 23.9. The predicted molar refractivity (Wildman–Crippen MR) is 148 cm³/mol. The van der Waals surface area contributed by atoms with Crippen LogP contribution >= 0.6 is 11.8 Å². The molecule has 1 aliphatic rings. The fourth-order valence-corrected chi connectivity index (χ4v) is 5.33. The van der Waals surface area contributed by atoms with E-state index in [0.717, 1.165) is 11.8 Å². The van der Waals surface area contributed by atoms with Crippen LogP contribution in [0.25, 0.3) is 0 Å². The van der Waals surface area contributed by atoms with Crippen molar-refractivity contribution >= 4 is 37.0 Å². The van der Waals surface area contributed by atoms with Gasteiger partial charge >= 0.3 is 0 Å². The molecule has 0 aromatic rings. The van der Waals surface area contributed by atoms with Crippen molar-refractivity contribution in [3.63, 3.8) is 0 Å². The Kier molecular flexibility index (Phi) is 12.4. The average Bonchev–Trinajstić information content (AvgIpc) is 2.72. The summed E-state index contributed by atoms with van der Waals surface area (Å²) in [5, 5.41) is 5.67. The molecule has 0 aromatic heterocycles. The van der Waals surface area contributed by atoms with Gasteiger partial charge in [-0.3, -0.25) is 14.4 Å². The third-order valence-corrected chi connectivity index (χ3v) is 11.9. The maximum absolute atomic E-state index is 12.6. The monoisotopic (exact) mass is 544 g/mol. The molecule has 2 amide bonds. The van der Waals surface area contributed by atoms with Crippen LogP contribution in [0.1, 0.15) is 68.2 Å². The second-order valence-corrected chi connectivity index (χ2v) is 17.9. The Balaban J connectivity index is 2.24. The van der Waals surface area contributed by atoms with Gasteiger partial charge in [-0.1, -0.05) is 52.5 Å². The summed E-state index contributed by atoms with van der Waals surface area (Å²) < 4.78 is 17.7. The van der Waals surface area contributed by atoms with Crippen LogP contribution < -0.4 is 10.6 Å². The smallest absolute Gasteiger partial charge is 0.249 e. The van der Waals surface area contributed by atoms with E-state index in [9.17, 15) is 14.4 Å².